The first kappa shape index (κ1) is 15.0. The van der Waals surface area contributed by atoms with Crippen LogP contribution in [0.1, 0.15) is 17.0 Å². The van der Waals surface area contributed by atoms with Crippen molar-refractivity contribution >= 4 is 0 Å². The molecule has 0 unspecified atom stereocenters. The molecule has 3 aromatic rings. The van der Waals surface area contributed by atoms with E-state index in [0.717, 1.165) is 36.6 Å². The molecule has 2 aromatic heterocycles. The minimum atomic E-state index is 0.0697. The number of para-hydroxylation sites is 1. The SMILES string of the molecule is Cc1c(CN2CCn3cncc3C2)c(=O)n(-c2ccccc2)n1C. The van der Waals surface area contributed by atoms with Gasteiger partial charge in [-0.25, -0.2) is 9.67 Å². The zero-order chi connectivity index (χ0) is 16.7. The van der Waals surface area contributed by atoms with Gasteiger partial charge in [-0.1, -0.05) is 18.2 Å². The van der Waals surface area contributed by atoms with Crippen LogP contribution in [-0.4, -0.2) is 30.4 Å². The van der Waals surface area contributed by atoms with E-state index in [-0.39, 0.29) is 5.56 Å². The monoisotopic (exact) mass is 323 g/mol. The molecule has 0 amide bonds. The van der Waals surface area contributed by atoms with Crippen molar-refractivity contribution in [3.8, 4) is 5.69 Å². The number of hydrogen-bond donors (Lipinski definition) is 0. The number of benzene rings is 1. The van der Waals surface area contributed by atoms with Crippen molar-refractivity contribution in [2.24, 2.45) is 7.05 Å². The van der Waals surface area contributed by atoms with Crippen LogP contribution >= 0.6 is 0 Å². The van der Waals surface area contributed by atoms with E-state index in [0.29, 0.717) is 6.54 Å². The third-order valence-electron chi connectivity index (χ3n) is 4.90. The van der Waals surface area contributed by atoms with Gasteiger partial charge in [-0.2, -0.15) is 0 Å². The summed E-state index contributed by atoms with van der Waals surface area (Å²) in [6.07, 6.45) is 3.79. The first-order valence-corrected chi connectivity index (χ1v) is 8.19. The molecule has 6 heteroatoms. The fraction of sp³-hybridized carbons (Fsp3) is 0.333. The fourth-order valence-corrected chi connectivity index (χ4v) is 3.40. The Morgan fingerprint density at radius 1 is 1.17 bits per heavy atom. The Labute approximate surface area is 140 Å². The van der Waals surface area contributed by atoms with Crippen LogP contribution in [0.25, 0.3) is 5.69 Å². The standard InChI is InChI=1S/C18H21N5O/c1-14-17(12-21-8-9-22-13-19-10-16(22)11-21)18(24)23(20(14)2)15-6-4-3-5-7-15/h3-7,10,13H,8-9,11-12H2,1-2H3. The lowest BCUT2D eigenvalue weighted by atomic mass is 10.2. The fourth-order valence-electron chi connectivity index (χ4n) is 3.40. The second kappa shape index (κ2) is 5.79. The number of hydrogen-bond acceptors (Lipinski definition) is 3. The lowest BCUT2D eigenvalue weighted by Gasteiger charge is -2.27. The van der Waals surface area contributed by atoms with E-state index in [1.807, 2.05) is 61.5 Å². The van der Waals surface area contributed by atoms with Crippen LogP contribution in [0.15, 0.2) is 47.7 Å². The lowest BCUT2D eigenvalue weighted by Crippen LogP contribution is -2.34. The van der Waals surface area contributed by atoms with Crippen LogP contribution in [-0.2, 0) is 26.7 Å². The smallest absolute Gasteiger partial charge is 0.276 e. The van der Waals surface area contributed by atoms with E-state index >= 15 is 0 Å². The van der Waals surface area contributed by atoms with Gasteiger partial charge in [0.25, 0.3) is 5.56 Å². The topological polar surface area (TPSA) is 48.0 Å². The van der Waals surface area contributed by atoms with Crippen molar-refractivity contribution in [3.05, 3.63) is 70.2 Å². The minimum Gasteiger partial charge on any atom is -0.332 e. The quantitative estimate of drug-likeness (QED) is 0.737. The maximum atomic E-state index is 13.0. The molecule has 1 aliphatic heterocycles. The largest absolute Gasteiger partial charge is 0.332 e. The van der Waals surface area contributed by atoms with Crippen LogP contribution in [0, 0.1) is 6.92 Å². The molecule has 0 bridgehead atoms. The van der Waals surface area contributed by atoms with Gasteiger partial charge in [0.15, 0.2) is 0 Å². The highest BCUT2D eigenvalue weighted by Crippen LogP contribution is 2.16. The summed E-state index contributed by atoms with van der Waals surface area (Å²) in [5, 5.41) is 0. The average Bonchev–Trinajstić information content (AvgIpc) is 3.14. The van der Waals surface area contributed by atoms with Crippen LogP contribution in [0.3, 0.4) is 0 Å². The maximum Gasteiger partial charge on any atom is 0.276 e. The summed E-state index contributed by atoms with van der Waals surface area (Å²) in [6, 6.07) is 9.79. The number of nitrogens with zero attached hydrogens (tertiary/aromatic N) is 5. The van der Waals surface area contributed by atoms with Crippen LogP contribution in [0.4, 0.5) is 0 Å². The molecule has 0 radical (unpaired) electrons. The van der Waals surface area contributed by atoms with Crippen LogP contribution < -0.4 is 5.56 Å². The number of imidazole rings is 1. The van der Waals surface area contributed by atoms with E-state index in [1.54, 1.807) is 4.68 Å². The van der Waals surface area contributed by atoms with E-state index in [1.165, 1.54) is 5.69 Å². The second-order valence-electron chi connectivity index (χ2n) is 6.33. The Balaban J connectivity index is 1.66. The summed E-state index contributed by atoms with van der Waals surface area (Å²) in [6.45, 7) is 5.38. The summed E-state index contributed by atoms with van der Waals surface area (Å²) < 4.78 is 5.87. The first-order chi connectivity index (χ1) is 11.6. The van der Waals surface area contributed by atoms with Gasteiger partial charge in [0, 0.05) is 45.1 Å². The average molecular weight is 323 g/mol. The molecule has 4 rings (SSSR count). The first-order valence-electron chi connectivity index (χ1n) is 8.19. The molecule has 1 aliphatic rings. The summed E-state index contributed by atoms with van der Waals surface area (Å²) in [5.74, 6) is 0. The van der Waals surface area contributed by atoms with Gasteiger partial charge in [0.2, 0.25) is 0 Å². The van der Waals surface area contributed by atoms with Crippen LogP contribution in [0.5, 0.6) is 0 Å². The molecular weight excluding hydrogens is 302 g/mol. The molecule has 0 spiro atoms. The summed E-state index contributed by atoms with van der Waals surface area (Å²) in [7, 11) is 1.94. The summed E-state index contributed by atoms with van der Waals surface area (Å²) in [4.78, 5) is 19.5. The van der Waals surface area contributed by atoms with Crippen molar-refractivity contribution < 1.29 is 0 Å². The minimum absolute atomic E-state index is 0.0697. The molecule has 1 aromatic carbocycles. The molecule has 3 heterocycles. The second-order valence-corrected chi connectivity index (χ2v) is 6.33. The Hall–Kier alpha value is -2.60. The summed E-state index contributed by atoms with van der Waals surface area (Å²) >= 11 is 0. The highest BCUT2D eigenvalue weighted by molar-refractivity contribution is 5.33. The van der Waals surface area contributed by atoms with E-state index in [4.69, 9.17) is 0 Å². The summed E-state index contributed by atoms with van der Waals surface area (Å²) in [5.41, 5.74) is 4.06. The predicted octanol–water partition coefficient (Wildman–Crippen LogP) is 1.70. The van der Waals surface area contributed by atoms with Crippen molar-refractivity contribution in [3.63, 3.8) is 0 Å². The van der Waals surface area contributed by atoms with Crippen molar-refractivity contribution in [1.82, 2.24) is 23.8 Å². The van der Waals surface area contributed by atoms with Crippen molar-refractivity contribution in [2.75, 3.05) is 6.54 Å². The van der Waals surface area contributed by atoms with Gasteiger partial charge >= 0.3 is 0 Å². The lowest BCUT2D eigenvalue weighted by molar-refractivity contribution is 0.212. The molecule has 0 aliphatic carbocycles. The highest BCUT2D eigenvalue weighted by Gasteiger charge is 2.21. The van der Waals surface area contributed by atoms with Crippen molar-refractivity contribution in [1.29, 1.82) is 0 Å². The molecular formula is C18H21N5O. The van der Waals surface area contributed by atoms with E-state index in [9.17, 15) is 4.79 Å². The Kier molecular flexibility index (Phi) is 3.61. The molecule has 124 valence electrons. The predicted molar refractivity (Wildman–Crippen MR) is 92.1 cm³/mol. The third kappa shape index (κ3) is 2.39. The third-order valence-corrected chi connectivity index (χ3v) is 4.90. The van der Waals surface area contributed by atoms with E-state index < -0.39 is 0 Å². The zero-order valence-electron chi connectivity index (χ0n) is 14.0. The zero-order valence-corrected chi connectivity index (χ0v) is 14.0. The Bertz CT molecular complexity index is 919. The molecule has 0 fully saturated rings. The molecule has 0 saturated carbocycles. The molecule has 24 heavy (non-hydrogen) atoms. The molecule has 6 nitrogen and oxygen atoms in total. The molecule has 0 atom stereocenters. The van der Waals surface area contributed by atoms with Gasteiger partial charge in [-0.3, -0.25) is 14.4 Å². The number of aromatic nitrogens is 4. The van der Waals surface area contributed by atoms with Gasteiger partial charge in [-0.05, 0) is 19.1 Å². The molecule has 0 N–H and O–H groups in total. The molecule has 0 saturated heterocycles. The number of rotatable bonds is 3. The van der Waals surface area contributed by atoms with Gasteiger partial charge in [0.1, 0.15) is 0 Å². The van der Waals surface area contributed by atoms with Crippen LogP contribution in [0.2, 0.25) is 0 Å². The van der Waals surface area contributed by atoms with Crippen molar-refractivity contribution in [2.45, 2.75) is 26.6 Å². The van der Waals surface area contributed by atoms with Gasteiger partial charge in [-0.15, -0.1) is 0 Å². The Morgan fingerprint density at radius 2 is 1.96 bits per heavy atom. The maximum absolute atomic E-state index is 13.0. The highest BCUT2D eigenvalue weighted by atomic mass is 16.1. The van der Waals surface area contributed by atoms with E-state index in [2.05, 4.69) is 14.5 Å². The van der Waals surface area contributed by atoms with Gasteiger partial charge < -0.3 is 4.57 Å². The normalized spacial score (nSPS) is 14.8. The number of fused-ring (bicyclic) bond motifs is 1. The Morgan fingerprint density at radius 3 is 2.75 bits per heavy atom. The van der Waals surface area contributed by atoms with Gasteiger partial charge in [0.05, 0.1) is 23.3 Å².